The highest BCUT2D eigenvalue weighted by Crippen LogP contribution is 2.24. The second-order valence-corrected chi connectivity index (χ2v) is 5.06. The topological polar surface area (TPSA) is 40.5 Å². The van der Waals surface area contributed by atoms with E-state index in [1.54, 1.807) is 6.07 Å². The molecular formula is C12H13BrFNO2. The third-order valence-corrected chi connectivity index (χ3v) is 3.78. The molecule has 0 saturated carbocycles. The molecule has 92 valence electrons. The number of likely N-dealkylation sites (tertiary alicyclic amines) is 1. The van der Waals surface area contributed by atoms with Crippen LogP contribution in [0.4, 0.5) is 4.39 Å². The fourth-order valence-corrected chi connectivity index (χ4v) is 2.64. The van der Waals surface area contributed by atoms with E-state index in [9.17, 15) is 9.18 Å². The van der Waals surface area contributed by atoms with Crippen molar-refractivity contribution >= 4 is 21.9 Å². The van der Waals surface area contributed by atoms with Gasteiger partial charge < -0.3 is 5.11 Å². The molecule has 2 rings (SSSR count). The van der Waals surface area contributed by atoms with Crippen LogP contribution in [0.3, 0.4) is 0 Å². The largest absolute Gasteiger partial charge is 0.480 e. The molecule has 0 aliphatic carbocycles. The second kappa shape index (κ2) is 5.14. The molecule has 1 N–H and O–H groups in total. The van der Waals surface area contributed by atoms with E-state index in [0.717, 1.165) is 18.5 Å². The summed E-state index contributed by atoms with van der Waals surface area (Å²) in [5, 5.41) is 9.06. The summed E-state index contributed by atoms with van der Waals surface area (Å²) in [6.45, 7) is 1.32. The van der Waals surface area contributed by atoms with Gasteiger partial charge in [0.15, 0.2) is 0 Å². The lowest BCUT2D eigenvalue weighted by atomic mass is 10.2. The van der Waals surface area contributed by atoms with Gasteiger partial charge in [-0.15, -0.1) is 0 Å². The Balaban J connectivity index is 2.12. The SMILES string of the molecule is O=C(O)[C@@H]1CCCN1Cc1ccc(F)cc1Br. The van der Waals surface area contributed by atoms with Crippen LogP contribution in [0.15, 0.2) is 22.7 Å². The molecule has 3 nitrogen and oxygen atoms in total. The molecule has 0 radical (unpaired) electrons. The van der Waals surface area contributed by atoms with E-state index in [0.29, 0.717) is 17.4 Å². The number of carboxylic acids is 1. The van der Waals surface area contributed by atoms with Crippen LogP contribution in [0.1, 0.15) is 18.4 Å². The third-order valence-electron chi connectivity index (χ3n) is 3.04. The Kier molecular flexibility index (Phi) is 3.79. The van der Waals surface area contributed by atoms with Crippen LogP contribution < -0.4 is 0 Å². The molecule has 1 atom stereocenters. The lowest BCUT2D eigenvalue weighted by Gasteiger charge is -2.21. The van der Waals surface area contributed by atoms with Crippen molar-refractivity contribution in [3.63, 3.8) is 0 Å². The summed E-state index contributed by atoms with van der Waals surface area (Å²) >= 11 is 3.30. The molecule has 0 aromatic heterocycles. The molecule has 0 unspecified atom stereocenters. The van der Waals surface area contributed by atoms with E-state index < -0.39 is 12.0 Å². The monoisotopic (exact) mass is 301 g/mol. The molecule has 1 aliphatic heterocycles. The van der Waals surface area contributed by atoms with Crippen molar-refractivity contribution in [1.29, 1.82) is 0 Å². The Hall–Kier alpha value is -0.940. The van der Waals surface area contributed by atoms with Gasteiger partial charge in [-0.2, -0.15) is 0 Å². The number of nitrogens with zero attached hydrogens (tertiary/aromatic N) is 1. The summed E-state index contributed by atoms with van der Waals surface area (Å²) in [7, 11) is 0. The zero-order valence-electron chi connectivity index (χ0n) is 9.20. The highest BCUT2D eigenvalue weighted by Gasteiger charge is 2.30. The van der Waals surface area contributed by atoms with Crippen LogP contribution in [0.25, 0.3) is 0 Å². The second-order valence-electron chi connectivity index (χ2n) is 4.20. The fraction of sp³-hybridized carbons (Fsp3) is 0.417. The van der Waals surface area contributed by atoms with E-state index in [1.807, 2.05) is 4.90 Å². The Morgan fingerprint density at radius 3 is 3.00 bits per heavy atom. The first-order chi connectivity index (χ1) is 8.08. The Labute approximate surface area is 107 Å². The minimum atomic E-state index is -0.777. The van der Waals surface area contributed by atoms with Crippen molar-refractivity contribution in [2.24, 2.45) is 0 Å². The fourth-order valence-electron chi connectivity index (χ4n) is 2.16. The van der Waals surface area contributed by atoms with Crippen molar-refractivity contribution in [3.05, 3.63) is 34.1 Å². The zero-order valence-corrected chi connectivity index (χ0v) is 10.8. The van der Waals surface area contributed by atoms with Crippen LogP contribution in [0.5, 0.6) is 0 Å². The molecular weight excluding hydrogens is 289 g/mol. The molecule has 1 aliphatic rings. The molecule has 0 bridgehead atoms. The number of aliphatic carboxylic acids is 1. The first-order valence-corrected chi connectivity index (χ1v) is 6.28. The van der Waals surface area contributed by atoms with Gasteiger partial charge in [0.1, 0.15) is 11.9 Å². The van der Waals surface area contributed by atoms with Crippen LogP contribution in [-0.4, -0.2) is 28.6 Å². The van der Waals surface area contributed by atoms with Gasteiger partial charge >= 0.3 is 5.97 Å². The van der Waals surface area contributed by atoms with Gasteiger partial charge in [0.05, 0.1) is 0 Å². The minimum absolute atomic E-state index is 0.295. The van der Waals surface area contributed by atoms with Crippen LogP contribution >= 0.6 is 15.9 Å². The number of rotatable bonds is 3. The first kappa shape index (κ1) is 12.5. The molecule has 1 heterocycles. The molecule has 0 amide bonds. The van der Waals surface area contributed by atoms with E-state index in [-0.39, 0.29) is 5.82 Å². The summed E-state index contributed by atoms with van der Waals surface area (Å²) in [5.74, 6) is -1.07. The van der Waals surface area contributed by atoms with Crippen LogP contribution in [-0.2, 0) is 11.3 Å². The molecule has 1 aromatic rings. The quantitative estimate of drug-likeness (QED) is 0.933. The number of carboxylic acid groups (broad SMARTS) is 1. The maximum Gasteiger partial charge on any atom is 0.320 e. The van der Waals surface area contributed by atoms with Gasteiger partial charge in [-0.1, -0.05) is 22.0 Å². The van der Waals surface area contributed by atoms with Crippen molar-refractivity contribution in [3.8, 4) is 0 Å². The number of hydrogen-bond donors (Lipinski definition) is 1. The first-order valence-electron chi connectivity index (χ1n) is 5.48. The van der Waals surface area contributed by atoms with Crippen molar-refractivity contribution < 1.29 is 14.3 Å². The zero-order chi connectivity index (χ0) is 12.4. The maximum atomic E-state index is 12.9. The highest BCUT2D eigenvalue weighted by molar-refractivity contribution is 9.10. The lowest BCUT2D eigenvalue weighted by molar-refractivity contribution is -0.142. The number of benzene rings is 1. The molecule has 1 fully saturated rings. The average Bonchev–Trinajstić information content (AvgIpc) is 2.70. The highest BCUT2D eigenvalue weighted by atomic mass is 79.9. The summed E-state index contributed by atoms with van der Waals surface area (Å²) < 4.78 is 13.6. The smallest absolute Gasteiger partial charge is 0.320 e. The molecule has 17 heavy (non-hydrogen) atoms. The van der Waals surface area contributed by atoms with Gasteiger partial charge in [0.2, 0.25) is 0 Å². The minimum Gasteiger partial charge on any atom is -0.480 e. The number of halogens is 2. The van der Waals surface area contributed by atoms with E-state index in [1.165, 1.54) is 12.1 Å². The van der Waals surface area contributed by atoms with Gasteiger partial charge in [-0.25, -0.2) is 4.39 Å². The normalized spacial score (nSPS) is 20.7. The molecule has 5 heteroatoms. The molecule has 0 spiro atoms. The average molecular weight is 302 g/mol. The van der Waals surface area contributed by atoms with E-state index >= 15 is 0 Å². The van der Waals surface area contributed by atoms with E-state index in [2.05, 4.69) is 15.9 Å². The van der Waals surface area contributed by atoms with Crippen molar-refractivity contribution in [2.45, 2.75) is 25.4 Å². The summed E-state index contributed by atoms with van der Waals surface area (Å²) in [6, 6.07) is 4.08. The van der Waals surface area contributed by atoms with Crippen LogP contribution in [0, 0.1) is 5.82 Å². The van der Waals surface area contributed by atoms with Crippen LogP contribution in [0.2, 0.25) is 0 Å². The van der Waals surface area contributed by atoms with Gasteiger partial charge in [0.25, 0.3) is 0 Å². The predicted molar refractivity (Wildman–Crippen MR) is 65.2 cm³/mol. The third kappa shape index (κ3) is 2.84. The Morgan fingerprint density at radius 2 is 2.35 bits per heavy atom. The molecule has 1 aromatic carbocycles. The van der Waals surface area contributed by atoms with E-state index in [4.69, 9.17) is 5.11 Å². The summed E-state index contributed by atoms with van der Waals surface area (Å²) in [4.78, 5) is 12.9. The number of hydrogen-bond acceptors (Lipinski definition) is 2. The van der Waals surface area contributed by atoms with Crippen molar-refractivity contribution in [1.82, 2.24) is 4.90 Å². The summed E-state index contributed by atoms with van der Waals surface area (Å²) in [6.07, 6.45) is 1.59. The number of carbonyl (C=O) groups is 1. The maximum absolute atomic E-state index is 12.9. The standard InChI is InChI=1S/C12H13BrFNO2/c13-10-6-9(14)4-3-8(10)7-15-5-1-2-11(15)12(16)17/h3-4,6,11H,1-2,5,7H2,(H,16,17)/t11-/m0/s1. The predicted octanol–water partition coefficient (Wildman–Crippen LogP) is 2.64. The lowest BCUT2D eigenvalue weighted by Crippen LogP contribution is -2.35. The van der Waals surface area contributed by atoms with Crippen molar-refractivity contribution in [2.75, 3.05) is 6.54 Å². The van der Waals surface area contributed by atoms with Gasteiger partial charge in [-0.05, 0) is 37.1 Å². The Bertz CT molecular complexity index is 439. The Morgan fingerprint density at radius 1 is 1.59 bits per heavy atom. The van der Waals surface area contributed by atoms with Gasteiger partial charge in [-0.3, -0.25) is 9.69 Å². The molecule has 1 saturated heterocycles. The summed E-state index contributed by atoms with van der Waals surface area (Å²) in [5.41, 5.74) is 0.916. The van der Waals surface area contributed by atoms with Gasteiger partial charge in [0, 0.05) is 11.0 Å².